The molecular weight excluding hydrogens is 256 g/mol. The summed E-state index contributed by atoms with van der Waals surface area (Å²) < 4.78 is 0. The third-order valence-electron chi connectivity index (χ3n) is 2.93. The average molecular weight is 280 g/mol. The predicted octanol–water partition coefficient (Wildman–Crippen LogP) is 3.15. The highest BCUT2D eigenvalue weighted by atomic mass is 32.2. The Balaban J connectivity index is 0.000000861. The Morgan fingerprint density at radius 2 is 1.95 bits per heavy atom. The van der Waals surface area contributed by atoms with E-state index < -0.39 is 0 Å². The molecule has 1 heterocycles. The molecular formula is C15H24N2OS. The maximum Gasteiger partial charge on any atom is 0.245 e. The molecule has 1 aliphatic heterocycles. The molecule has 1 amide bonds. The van der Waals surface area contributed by atoms with E-state index in [0.717, 1.165) is 11.4 Å². The highest BCUT2D eigenvalue weighted by molar-refractivity contribution is 7.99. The summed E-state index contributed by atoms with van der Waals surface area (Å²) in [5.41, 5.74) is 1.04. The normalized spacial score (nSPS) is 18.5. The van der Waals surface area contributed by atoms with Gasteiger partial charge in [-0.05, 0) is 33.0 Å². The van der Waals surface area contributed by atoms with Gasteiger partial charge in [0.05, 0.1) is 11.7 Å². The van der Waals surface area contributed by atoms with Crippen LogP contribution in [0.25, 0.3) is 0 Å². The quantitative estimate of drug-likeness (QED) is 0.903. The standard InChI is InChI=1S/C13H18N2OS.C2H6/c1-9(2)15-11-6-4-5-7-12(11)17-8-10(14-3)13(15)16;1-2/h4-7,9-10,14H,8H2,1-3H3;1-2H3. The fourth-order valence-corrected chi connectivity index (χ4v) is 3.19. The molecule has 1 aromatic rings. The van der Waals surface area contributed by atoms with Crippen LogP contribution in [0.1, 0.15) is 27.7 Å². The van der Waals surface area contributed by atoms with Gasteiger partial charge >= 0.3 is 0 Å². The molecule has 0 aromatic heterocycles. The maximum absolute atomic E-state index is 12.4. The Hall–Kier alpha value is -1.00. The number of para-hydroxylation sites is 1. The molecule has 106 valence electrons. The van der Waals surface area contributed by atoms with Crippen molar-refractivity contribution in [2.24, 2.45) is 0 Å². The lowest BCUT2D eigenvalue weighted by molar-refractivity contribution is -0.120. The second-order valence-corrected chi connectivity index (χ2v) is 5.48. The molecule has 19 heavy (non-hydrogen) atoms. The van der Waals surface area contributed by atoms with Crippen LogP contribution < -0.4 is 10.2 Å². The van der Waals surface area contributed by atoms with E-state index in [2.05, 4.69) is 25.2 Å². The summed E-state index contributed by atoms with van der Waals surface area (Å²) in [6.45, 7) is 8.11. The van der Waals surface area contributed by atoms with E-state index in [0.29, 0.717) is 0 Å². The van der Waals surface area contributed by atoms with E-state index in [1.54, 1.807) is 11.8 Å². The van der Waals surface area contributed by atoms with Gasteiger partial charge in [-0.25, -0.2) is 0 Å². The van der Waals surface area contributed by atoms with Crippen molar-refractivity contribution in [3.05, 3.63) is 24.3 Å². The molecule has 3 nitrogen and oxygen atoms in total. The van der Waals surface area contributed by atoms with E-state index in [1.165, 1.54) is 4.90 Å². The molecule has 1 atom stereocenters. The van der Waals surface area contributed by atoms with Crippen molar-refractivity contribution in [3.63, 3.8) is 0 Å². The first-order valence-electron chi connectivity index (χ1n) is 6.87. The first-order chi connectivity index (χ1) is 9.15. The van der Waals surface area contributed by atoms with Gasteiger partial charge in [0.1, 0.15) is 0 Å². The second kappa shape index (κ2) is 7.56. The van der Waals surface area contributed by atoms with Crippen LogP contribution in [0.3, 0.4) is 0 Å². The van der Waals surface area contributed by atoms with E-state index in [9.17, 15) is 4.79 Å². The van der Waals surface area contributed by atoms with Gasteiger partial charge in [-0.3, -0.25) is 4.79 Å². The number of nitrogens with zero attached hydrogens (tertiary/aromatic N) is 1. The van der Waals surface area contributed by atoms with E-state index in [4.69, 9.17) is 0 Å². The van der Waals surface area contributed by atoms with E-state index in [1.807, 2.05) is 44.0 Å². The van der Waals surface area contributed by atoms with Crippen LogP contribution in [0.4, 0.5) is 5.69 Å². The number of rotatable bonds is 2. The molecule has 0 spiro atoms. The second-order valence-electron chi connectivity index (χ2n) is 4.42. The first kappa shape index (κ1) is 16.1. The molecule has 0 radical (unpaired) electrons. The number of carbonyl (C=O) groups excluding carboxylic acids is 1. The number of amides is 1. The molecule has 0 bridgehead atoms. The monoisotopic (exact) mass is 280 g/mol. The number of nitrogens with one attached hydrogen (secondary N) is 1. The number of thioether (sulfide) groups is 1. The molecule has 0 aliphatic carbocycles. The fourth-order valence-electron chi connectivity index (χ4n) is 2.05. The van der Waals surface area contributed by atoms with Crippen LogP contribution in [0.2, 0.25) is 0 Å². The Kier molecular flexibility index (Phi) is 6.38. The summed E-state index contributed by atoms with van der Waals surface area (Å²) in [5.74, 6) is 0.954. The van der Waals surface area contributed by atoms with Crippen molar-refractivity contribution in [1.82, 2.24) is 5.32 Å². The first-order valence-corrected chi connectivity index (χ1v) is 7.86. The van der Waals surface area contributed by atoms with Crippen LogP contribution in [-0.4, -0.2) is 30.8 Å². The number of fused-ring (bicyclic) bond motifs is 1. The van der Waals surface area contributed by atoms with Gasteiger partial charge in [0.25, 0.3) is 0 Å². The number of benzene rings is 1. The predicted molar refractivity (Wildman–Crippen MR) is 84.0 cm³/mol. The summed E-state index contributed by atoms with van der Waals surface area (Å²) in [6.07, 6.45) is 0. The van der Waals surface area contributed by atoms with Crippen LogP contribution in [0, 0.1) is 0 Å². The van der Waals surface area contributed by atoms with Crippen molar-refractivity contribution in [2.75, 3.05) is 17.7 Å². The molecule has 0 saturated heterocycles. The number of anilines is 1. The van der Waals surface area contributed by atoms with Gasteiger partial charge in [0.2, 0.25) is 5.91 Å². The lowest BCUT2D eigenvalue weighted by Gasteiger charge is -2.28. The van der Waals surface area contributed by atoms with E-state index in [-0.39, 0.29) is 18.0 Å². The van der Waals surface area contributed by atoms with Crippen molar-refractivity contribution < 1.29 is 4.79 Å². The summed E-state index contributed by atoms with van der Waals surface area (Å²) in [7, 11) is 1.84. The van der Waals surface area contributed by atoms with Crippen molar-refractivity contribution in [2.45, 2.75) is 44.7 Å². The number of hydrogen-bond donors (Lipinski definition) is 1. The van der Waals surface area contributed by atoms with Crippen molar-refractivity contribution in [1.29, 1.82) is 0 Å². The van der Waals surface area contributed by atoms with E-state index >= 15 is 0 Å². The zero-order valence-electron chi connectivity index (χ0n) is 12.4. The third kappa shape index (κ3) is 3.51. The Morgan fingerprint density at radius 1 is 1.32 bits per heavy atom. The van der Waals surface area contributed by atoms with Gasteiger partial charge < -0.3 is 10.2 Å². The zero-order chi connectivity index (χ0) is 14.4. The molecule has 1 N–H and O–H groups in total. The highest BCUT2D eigenvalue weighted by Crippen LogP contribution is 2.35. The molecule has 0 fully saturated rings. The number of likely N-dealkylation sites (N-methyl/N-ethyl adjacent to an activating group) is 1. The van der Waals surface area contributed by atoms with Crippen LogP contribution in [-0.2, 0) is 4.79 Å². The maximum atomic E-state index is 12.4. The number of carbonyl (C=O) groups is 1. The minimum absolute atomic E-state index is 0.102. The zero-order valence-corrected chi connectivity index (χ0v) is 13.3. The smallest absolute Gasteiger partial charge is 0.245 e. The lowest BCUT2D eigenvalue weighted by Crippen LogP contribution is -2.48. The fraction of sp³-hybridized carbons (Fsp3) is 0.533. The SMILES string of the molecule is CC.CNC1CSc2ccccc2N(C(C)C)C1=O. The molecule has 4 heteroatoms. The molecule has 0 saturated carbocycles. The molecule has 2 rings (SSSR count). The topological polar surface area (TPSA) is 32.3 Å². The average Bonchev–Trinajstić information content (AvgIpc) is 2.56. The minimum atomic E-state index is -0.102. The third-order valence-corrected chi connectivity index (χ3v) is 4.09. The van der Waals surface area contributed by atoms with Gasteiger partial charge in [-0.15, -0.1) is 11.8 Å². The number of hydrogen-bond acceptors (Lipinski definition) is 3. The van der Waals surface area contributed by atoms with Crippen LogP contribution >= 0.6 is 11.8 Å². The Labute approximate surface area is 120 Å². The lowest BCUT2D eigenvalue weighted by atomic mass is 10.2. The van der Waals surface area contributed by atoms with Gasteiger partial charge in [-0.1, -0.05) is 26.0 Å². The molecule has 1 aromatic carbocycles. The Morgan fingerprint density at radius 3 is 2.53 bits per heavy atom. The largest absolute Gasteiger partial charge is 0.308 e. The summed E-state index contributed by atoms with van der Waals surface area (Å²) in [6, 6.07) is 8.20. The Bertz CT molecular complexity index is 420. The van der Waals surface area contributed by atoms with Crippen molar-refractivity contribution >= 4 is 23.4 Å². The van der Waals surface area contributed by atoms with Gasteiger partial charge in [-0.2, -0.15) is 0 Å². The van der Waals surface area contributed by atoms with Gasteiger partial charge in [0, 0.05) is 16.7 Å². The summed E-state index contributed by atoms with van der Waals surface area (Å²) >= 11 is 1.74. The minimum Gasteiger partial charge on any atom is -0.308 e. The van der Waals surface area contributed by atoms with Gasteiger partial charge in [0.15, 0.2) is 0 Å². The van der Waals surface area contributed by atoms with Crippen LogP contribution in [0.5, 0.6) is 0 Å². The van der Waals surface area contributed by atoms with Crippen molar-refractivity contribution in [3.8, 4) is 0 Å². The van der Waals surface area contributed by atoms with Crippen LogP contribution in [0.15, 0.2) is 29.2 Å². The molecule has 1 unspecified atom stereocenters. The summed E-state index contributed by atoms with van der Waals surface area (Å²) in [5, 5.41) is 3.10. The summed E-state index contributed by atoms with van der Waals surface area (Å²) in [4.78, 5) is 15.5. The molecule has 1 aliphatic rings. The highest BCUT2D eigenvalue weighted by Gasteiger charge is 2.30.